The molecule has 1 atom stereocenters. The number of hydrogen-bond acceptors (Lipinski definition) is 2. The molecule has 2 rings (SSSR count). The molecule has 1 aromatic carbocycles. The van der Waals surface area contributed by atoms with Gasteiger partial charge in [-0.15, -0.1) is 0 Å². The predicted molar refractivity (Wildman–Crippen MR) is 77.2 cm³/mol. The van der Waals surface area contributed by atoms with E-state index < -0.39 is 12.0 Å². The molecule has 0 radical (unpaired) electrons. The maximum Gasteiger partial charge on any atom is 0.263 e. The number of hydrogen-bond donors (Lipinski definition) is 1. The molecule has 0 amide bonds. The number of benzene rings is 1. The molecule has 0 bridgehead atoms. The molecular formula is C16H21F2NO. The van der Waals surface area contributed by atoms with Crippen molar-refractivity contribution in [3.8, 4) is 0 Å². The highest BCUT2D eigenvalue weighted by molar-refractivity contribution is 5.82. The van der Waals surface area contributed by atoms with Crippen molar-refractivity contribution >= 4 is 11.0 Å². The quantitative estimate of drug-likeness (QED) is 0.844. The third kappa shape index (κ3) is 2.44. The van der Waals surface area contributed by atoms with E-state index in [1.165, 1.54) is 6.92 Å². The van der Waals surface area contributed by atoms with Crippen LogP contribution in [0.4, 0.5) is 8.78 Å². The van der Waals surface area contributed by atoms with Crippen LogP contribution in [0.15, 0.2) is 28.7 Å². The third-order valence-corrected chi connectivity index (χ3v) is 3.70. The van der Waals surface area contributed by atoms with E-state index in [-0.39, 0.29) is 0 Å². The minimum Gasteiger partial charge on any atom is -0.459 e. The number of nitrogens with one attached hydrogen (secondary N) is 1. The lowest BCUT2D eigenvalue weighted by Gasteiger charge is -2.29. The number of rotatable bonds is 6. The molecular weight excluding hydrogens is 260 g/mol. The number of para-hydroxylation sites is 1. The summed E-state index contributed by atoms with van der Waals surface area (Å²) in [6.45, 7) is 5.97. The molecule has 0 saturated heterocycles. The second-order valence-electron chi connectivity index (χ2n) is 5.19. The Morgan fingerprint density at radius 2 is 1.95 bits per heavy atom. The minimum absolute atomic E-state index is 0.365. The van der Waals surface area contributed by atoms with Gasteiger partial charge in [-0.1, -0.05) is 32.0 Å². The van der Waals surface area contributed by atoms with Gasteiger partial charge in [0.1, 0.15) is 16.9 Å². The summed E-state index contributed by atoms with van der Waals surface area (Å²) in [5.74, 6) is 0.365. The zero-order chi connectivity index (χ0) is 14.8. The number of furan rings is 1. The summed E-state index contributed by atoms with van der Waals surface area (Å²) in [7, 11) is 0. The Balaban J connectivity index is 2.58. The van der Waals surface area contributed by atoms with Crippen molar-refractivity contribution in [1.82, 2.24) is 5.32 Å². The summed E-state index contributed by atoms with van der Waals surface area (Å²) in [5.41, 5.74) is 0.0944. The summed E-state index contributed by atoms with van der Waals surface area (Å²) >= 11 is 0. The molecule has 0 saturated carbocycles. The van der Waals surface area contributed by atoms with Crippen molar-refractivity contribution < 1.29 is 13.2 Å². The standard InChI is InChI=1S/C16H21F2NO/c1-4-10-19-16(3,15(17)18)14-11(5-2)12-8-6-7-9-13(12)20-14/h6-9,15,19H,4-5,10H2,1-3H3. The van der Waals surface area contributed by atoms with Gasteiger partial charge in [-0.25, -0.2) is 8.78 Å². The Kier molecular flexibility index (Phi) is 4.43. The minimum atomic E-state index is -2.53. The molecule has 2 nitrogen and oxygen atoms in total. The van der Waals surface area contributed by atoms with Gasteiger partial charge in [-0.3, -0.25) is 0 Å². The lowest BCUT2D eigenvalue weighted by molar-refractivity contribution is 0.0259. The van der Waals surface area contributed by atoms with E-state index in [4.69, 9.17) is 4.42 Å². The summed E-state index contributed by atoms with van der Waals surface area (Å²) in [5, 5.41) is 3.88. The molecule has 0 aliphatic carbocycles. The number of alkyl halides is 2. The van der Waals surface area contributed by atoms with Crippen molar-refractivity contribution in [3.05, 3.63) is 35.6 Å². The number of fused-ring (bicyclic) bond motifs is 1. The molecule has 0 aliphatic heterocycles. The normalized spacial score (nSPS) is 14.9. The van der Waals surface area contributed by atoms with Crippen molar-refractivity contribution in [3.63, 3.8) is 0 Å². The first-order valence-electron chi connectivity index (χ1n) is 7.08. The molecule has 110 valence electrons. The SMILES string of the molecule is CCCNC(C)(c1oc2ccccc2c1CC)C(F)F. The number of aryl methyl sites for hydroxylation is 1. The number of halogens is 2. The molecule has 1 heterocycles. The molecule has 1 unspecified atom stereocenters. The van der Waals surface area contributed by atoms with Crippen LogP contribution >= 0.6 is 0 Å². The Labute approximate surface area is 118 Å². The van der Waals surface area contributed by atoms with Crippen LogP contribution in [0.1, 0.15) is 38.5 Å². The van der Waals surface area contributed by atoms with Crippen LogP contribution in [0, 0.1) is 0 Å². The van der Waals surface area contributed by atoms with Crippen LogP contribution in [0.25, 0.3) is 11.0 Å². The average molecular weight is 281 g/mol. The highest BCUT2D eigenvalue weighted by Gasteiger charge is 2.41. The Bertz CT molecular complexity index is 579. The van der Waals surface area contributed by atoms with E-state index >= 15 is 0 Å². The largest absolute Gasteiger partial charge is 0.459 e. The summed E-state index contributed by atoms with van der Waals surface area (Å²) in [6, 6.07) is 7.50. The average Bonchev–Trinajstić information content (AvgIpc) is 2.83. The van der Waals surface area contributed by atoms with Crippen LogP contribution in [0.3, 0.4) is 0 Å². The zero-order valence-electron chi connectivity index (χ0n) is 12.2. The lowest BCUT2D eigenvalue weighted by atomic mass is 9.93. The van der Waals surface area contributed by atoms with Crippen LogP contribution in [-0.4, -0.2) is 13.0 Å². The molecule has 20 heavy (non-hydrogen) atoms. The van der Waals surface area contributed by atoms with E-state index in [0.29, 0.717) is 24.3 Å². The van der Waals surface area contributed by atoms with Gasteiger partial charge in [-0.2, -0.15) is 0 Å². The fourth-order valence-corrected chi connectivity index (χ4v) is 2.51. The zero-order valence-corrected chi connectivity index (χ0v) is 12.2. The van der Waals surface area contributed by atoms with Crippen LogP contribution in [-0.2, 0) is 12.0 Å². The van der Waals surface area contributed by atoms with Gasteiger partial charge in [0.2, 0.25) is 0 Å². The first-order valence-corrected chi connectivity index (χ1v) is 7.08. The Morgan fingerprint density at radius 1 is 1.25 bits per heavy atom. The van der Waals surface area contributed by atoms with Gasteiger partial charge in [-0.05, 0) is 32.4 Å². The van der Waals surface area contributed by atoms with E-state index in [1.54, 1.807) is 0 Å². The summed E-state index contributed by atoms with van der Waals surface area (Å²) < 4.78 is 33.0. The van der Waals surface area contributed by atoms with Gasteiger partial charge >= 0.3 is 0 Å². The van der Waals surface area contributed by atoms with Gasteiger partial charge in [0, 0.05) is 10.9 Å². The second-order valence-corrected chi connectivity index (χ2v) is 5.19. The molecule has 1 N–H and O–H groups in total. The fraction of sp³-hybridized carbons (Fsp3) is 0.500. The fourth-order valence-electron chi connectivity index (χ4n) is 2.51. The van der Waals surface area contributed by atoms with Crippen molar-refractivity contribution in [1.29, 1.82) is 0 Å². The van der Waals surface area contributed by atoms with Gasteiger partial charge in [0.05, 0.1) is 0 Å². The second kappa shape index (κ2) is 5.92. The van der Waals surface area contributed by atoms with Gasteiger partial charge in [0.25, 0.3) is 6.43 Å². The smallest absolute Gasteiger partial charge is 0.263 e. The van der Waals surface area contributed by atoms with Crippen molar-refractivity contribution in [2.75, 3.05) is 6.54 Å². The highest BCUT2D eigenvalue weighted by Crippen LogP contribution is 2.37. The van der Waals surface area contributed by atoms with Gasteiger partial charge in [0.15, 0.2) is 0 Å². The van der Waals surface area contributed by atoms with Crippen LogP contribution in [0.2, 0.25) is 0 Å². The molecule has 4 heteroatoms. The Morgan fingerprint density at radius 3 is 2.55 bits per heavy atom. The van der Waals surface area contributed by atoms with E-state index in [1.807, 2.05) is 38.1 Å². The van der Waals surface area contributed by atoms with Crippen molar-refractivity contribution in [2.45, 2.75) is 45.6 Å². The van der Waals surface area contributed by atoms with E-state index in [2.05, 4.69) is 5.32 Å². The molecule has 2 aromatic rings. The van der Waals surface area contributed by atoms with Gasteiger partial charge < -0.3 is 9.73 Å². The molecule has 0 spiro atoms. The van der Waals surface area contributed by atoms with E-state index in [9.17, 15) is 8.78 Å². The first kappa shape index (κ1) is 15.0. The maximum absolute atomic E-state index is 13.6. The monoisotopic (exact) mass is 281 g/mol. The van der Waals surface area contributed by atoms with Crippen molar-refractivity contribution in [2.24, 2.45) is 0 Å². The predicted octanol–water partition coefficient (Wildman–Crippen LogP) is 4.48. The molecule has 0 fully saturated rings. The Hall–Kier alpha value is -1.42. The summed E-state index contributed by atoms with van der Waals surface area (Å²) in [6.07, 6.45) is -1.06. The lowest BCUT2D eigenvalue weighted by Crippen LogP contribution is -2.46. The topological polar surface area (TPSA) is 25.2 Å². The maximum atomic E-state index is 13.6. The first-order chi connectivity index (χ1) is 9.54. The molecule has 1 aromatic heterocycles. The van der Waals surface area contributed by atoms with Crippen LogP contribution in [0.5, 0.6) is 0 Å². The molecule has 0 aliphatic rings. The summed E-state index contributed by atoms with van der Waals surface area (Å²) in [4.78, 5) is 0. The van der Waals surface area contributed by atoms with Crippen LogP contribution < -0.4 is 5.32 Å². The third-order valence-electron chi connectivity index (χ3n) is 3.70. The highest BCUT2D eigenvalue weighted by atomic mass is 19.3. The van der Waals surface area contributed by atoms with E-state index in [0.717, 1.165) is 17.4 Å².